The first-order valence-corrected chi connectivity index (χ1v) is 10.2. The van der Waals surface area contributed by atoms with Crippen molar-refractivity contribution in [3.63, 3.8) is 0 Å². The average Bonchev–Trinajstić information content (AvgIpc) is 2.76. The Labute approximate surface area is 184 Å². The van der Waals surface area contributed by atoms with Crippen LogP contribution in [0.4, 0.5) is 20.6 Å². The normalized spacial score (nSPS) is 15.0. The van der Waals surface area contributed by atoms with Crippen molar-refractivity contribution < 1.29 is 23.9 Å². The maximum atomic E-state index is 14.8. The number of carboxylic acids is 1. The number of rotatable bonds is 5. The number of hydrogen-bond donors (Lipinski definition) is 3. The van der Waals surface area contributed by atoms with Crippen LogP contribution < -0.4 is 10.6 Å². The Bertz CT molecular complexity index is 1190. The van der Waals surface area contributed by atoms with Gasteiger partial charge in [0.05, 0.1) is 6.42 Å². The van der Waals surface area contributed by atoms with Crippen molar-refractivity contribution in [2.45, 2.75) is 19.3 Å². The second-order valence-corrected chi connectivity index (χ2v) is 7.71. The van der Waals surface area contributed by atoms with Gasteiger partial charge in [0, 0.05) is 28.4 Å². The second kappa shape index (κ2) is 9.01. The van der Waals surface area contributed by atoms with Crippen LogP contribution >= 0.6 is 0 Å². The van der Waals surface area contributed by atoms with E-state index in [4.69, 9.17) is 5.11 Å². The maximum Gasteiger partial charge on any atom is 0.323 e. The predicted octanol–water partition coefficient (Wildman–Crippen LogP) is 5.36. The van der Waals surface area contributed by atoms with Crippen LogP contribution in [0.15, 0.2) is 66.7 Å². The maximum absolute atomic E-state index is 14.8. The average molecular weight is 432 g/mol. The molecule has 0 aromatic heterocycles. The lowest BCUT2D eigenvalue weighted by atomic mass is 9.80. The number of halogens is 1. The van der Waals surface area contributed by atoms with Crippen LogP contribution in [0.25, 0.3) is 11.1 Å². The summed E-state index contributed by atoms with van der Waals surface area (Å²) in [6, 6.07) is 17.9. The summed E-state index contributed by atoms with van der Waals surface area (Å²) in [5.74, 6) is -2.19. The third-order valence-electron chi connectivity index (χ3n) is 5.49. The fourth-order valence-electron chi connectivity index (χ4n) is 3.94. The molecule has 3 aromatic carbocycles. The molecule has 0 fully saturated rings. The number of anilines is 2. The zero-order chi connectivity index (χ0) is 22.7. The number of urea groups is 1. The summed E-state index contributed by atoms with van der Waals surface area (Å²) < 4.78 is 14.8. The fraction of sp³-hybridized carbons (Fsp3) is 0.160. The zero-order valence-electron chi connectivity index (χ0n) is 17.1. The molecule has 1 atom stereocenters. The Hall–Kier alpha value is -4.00. The van der Waals surface area contributed by atoms with Crippen molar-refractivity contribution in [1.29, 1.82) is 0 Å². The predicted molar refractivity (Wildman–Crippen MR) is 119 cm³/mol. The van der Waals surface area contributed by atoms with Gasteiger partial charge in [-0.25, -0.2) is 9.18 Å². The number of nitrogens with one attached hydrogen (secondary N) is 2. The van der Waals surface area contributed by atoms with Crippen molar-refractivity contribution in [2.75, 3.05) is 10.6 Å². The largest absolute Gasteiger partial charge is 0.481 e. The second-order valence-electron chi connectivity index (χ2n) is 7.71. The number of carboxylic acid groups (broad SMARTS) is 1. The third-order valence-corrected chi connectivity index (χ3v) is 5.49. The van der Waals surface area contributed by atoms with Crippen molar-refractivity contribution in [2.24, 2.45) is 5.92 Å². The van der Waals surface area contributed by atoms with Crippen LogP contribution in [-0.4, -0.2) is 22.9 Å². The summed E-state index contributed by atoms with van der Waals surface area (Å²) in [4.78, 5) is 35.6. The number of carbonyl (C=O) groups excluding carboxylic acids is 2. The van der Waals surface area contributed by atoms with Crippen LogP contribution in [-0.2, 0) is 11.2 Å². The van der Waals surface area contributed by atoms with Gasteiger partial charge in [0.25, 0.3) is 0 Å². The van der Waals surface area contributed by atoms with Gasteiger partial charge in [0.2, 0.25) is 0 Å². The smallest absolute Gasteiger partial charge is 0.323 e. The lowest BCUT2D eigenvalue weighted by Gasteiger charge is -2.22. The molecule has 3 aromatic rings. The number of Topliss-reactive ketones (excluding diaryl/α,β-unsaturated/α-hetero) is 1. The molecule has 0 saturated heterocycles. The molecule has 4 rings (SSSR count). The fourth-order valence-corrected chi connectivity index (χ4v) is 3.94. The van der Waals surface area contributed by atoms with Gasteiger partial charge < -0.3 is 15.7 Å². The molecule has 1 aliphatic carbocycles. The highest BCUT2D eigenvalue weighted by molar-refractivity contribution is 6.02. The molecule has 0 spiro atoms. The third kappa shape index (κ3) is 4.67. The molecule has 0 bridgehead atoms. The van der Waals surface area contributed by atoms with E-state index >= 15 is 0 Å². The molecule has 7 heteroatoms. The van der Waals surface area contributed by atoms with Gasteiger partial charge in [-0.2, -0.15) is 0 Å². The Morgan fingerprint density at radius 3 is 2.38 bits per heavy atom. The summed E-state index contributed by atoms with van der Waals surface area (Å²) in [6.07, 6.45) is 0.845. The van der Waals surface area contributed by atoms with E-state index in [1.165, 1.54) is 6.07 Å². The van der Waals surface area contributed by atoms with Crippen molar-refractivity contribution in [1.82, 2.24) is 0 Å². The van der Waals surface area contributed by atoms with E-state index in [0.29, 0.717) is 40.9 Å². The molecule has 0 aliphatic heterocycles. The van der Waals surface area contributed by atoms with E-state index in [1.54, 1.807) is 54.6 Å². The van der Waals surface area contributed by atoms with E-state index in [0.717, 1.165) is 5.56 Å². The van der Waals surface area contributed by atoms with Gasteiger partial charge in [0.1, 0.15) is 5.82 Å². The summed E-state index contributed by atoms with van der Waals surface area (Å²) in [7, 11) is 0. The van der Waals surface area contributed by atoms with Crippen LogP contribution in [0.2, 0.25) is 0 Å². The molecule has 1 unspecified atom stereocenters. The molecular formula is C25H21FN2O4. The Balaban J connectivity index is 1.49. The monoisotopic (exact) mass is 432 g/mol. The molecule has 6 nitrogen and oxygen atoms in total. The Morgan fingerprint density at radius 1 is 0.938 bits per heavy atom. The van der Waals surface area contributed by atoms with E-state index in [-0.39, 0.29) is 12.2 Å². The number of amides is 2. The minimum absolute atomic E-state index is 0.176. The van der Waals surface area contributed by atoms with Crippen LogP contribution in [0.3, 0.4) is 0 Å². The number of fused-ring (bicyclic) bond motifs is 1. The molecule has 32 heavy (non-hydrogen) atoms. The van der Waals surface area contributed by atoms with Gasteiger partial charge in [-0.1, -0.05) is 36.4 Å². The van der Waals surface area contributed by atoms with Gasteiger partial charge in [-0.05, 0) is 54.3 Å². The highest BCUT2D eigenvalue weighted by Gasteiger charge is 2.29. The lowest BCUT2D eigenvalue weighted by Crippen LogP contribution is -2.24. The van der Waals surface area contributed by atoms with Gasteiger partial charge in [-0.15, -0.1) is 0 Å². The first-order valence-electron chi connectivity index (χ1n) is 10.2. The minimum Gasteiger partial charge on any atom is -0.481 e. The Kier molecular flexibility index (Phi) is 5.98. The highest BCUT2D eigenvalue weighted by Crippen LogP contribution is 2.32. The first-order chi connectivity index (χ1) is 15.4. The first kappa shape index (κ1) is 21.2. The van der Waals surface area contributed by atoms with Gasteiger partial charge >= 0.3 is 12.0 Å². The van der Waals surface area contributed by atoms with E-state index < -0.39 is 23.7 Å². The summed E-state index contributed by atoms with van der Waals surface area (Å²) >= 11 is 0. The van der Waals surface area contributed by atoms with Crippen LogP contribution in [0, 0.1) is 11.7 Å². The number of hydrogen-bond acceptors (Lipinski definition) is 3. The number of carbonyl (C=O) groups is 3. The van der Waals surface area contributed by atoms with E-state index in [2.05, 4.69) is 10.6 Å². The zero-order valence-corrected chi connectivity index (χ0v) is 17.1. The standard InChI is InChI=1S/C25H21FN2O4/c26-22-14-19(28-25(32)27-18-4-2-1-3-5-18)9-11-20(22)15-8-10-21-16(12-15)6-7-17(24(21)31)13-23(29)30/h1-5,8-12,14,17H,6-7,13H2,(H,29,30)(H2,27,28,32). The van der Waals surface area contributed by atoms with E-state index in [1.807, 2.05) is 6.07 Å². The molecule has 2 amide bonds. The molecule has 0 radical (unpaired) electrons. The lowest BCUT2D eigenvalue weighted by molar-refractivity contribution is -0.137. The molecule has 1 aliphatic rings. The molecule has 162 valence electrons. The minimum atomic E-state index is -0.989. The number of para-hydroxylation sites is 1. The summed E-state index contributed by atoms with van der Waals surface area (Å²) in [5, 5.41) is 14.3. The van der Waals surface area contributed by atoms with Crippen molar-refractivity contribution in [3.8, 4) is 11.1 Å². The van der Waals surface area contributed by atoms with E-state index in [9.17, 15) is 18.8 Å². The van der Waals surface area contributed by atoms with Crippen molar-refractivity contribution in [3.05, 3.63) is 83.7 Å². The molecule has 3 N–H and O–H groups in total. The number of benzene rings is 3. The topological polar surface area (TPSA) is 95.5 Å². The molecular weight excluding hydrogens is 411 g/mol. The summed E-state index contributed by atoms with van der Waals surface area (Å²) in [6.45, 7) is 0. The SMILES string of the molecule is O=C(O)CC1CCc2cc(-c3ccc(NC(=O)Nc4ccccc4)cc3F)ccc2C1=O. The van der Waals surface area contributed by atoms with Gasteiger partial charge in [-0.3, -0.25) is 9.59 Å². The Morgan fingerprint density at radius 2 is 1.66 bits per heavy atom. The van der Waals surface area contributed by atoms with Crippen molar-refractivity contribution >= 4 is 29.2 Å². The quantitative estimate of drug-likeness (QED) is 0.506. The number of ketones is 1. The van der Waals surface area contributed by atoms with Crippen LogP contribution in [0.1, 0.15) is 28.8 Å². The van der Waals surface area contributed by atoms with Crippen LogP contribution in [0.5, 0.6) is 0 Å². The number of aliphatic carboxylic acids is 1. The van der Waals surface area contributed by atoms with Gasteiger partial charge in [0.15, 0.2) is 5.78 Å². The summed E-state index contributed by atoms with van der Waals surface area (Å²) in [5.41, 5.74) is 3.19. The highest BCUT2D eigenvalue weighted by atomic mass is 19.1. The number of aryl methyl sites for hydroxylation is 1. The molecule has 0 heterocycles. The molecule has 0 saturated carbocycles.